The summed E-state index contributed by atoms with van der Waals surface area (Å²) in [5, 5.41) is 0. The number of aromatic amines is 1. The van der Waals surface area contributed by atoms with E-state index in [9.17, 15) is 0 Å². The highest BCUT2D eigenvalue weighted by Gasteiger charge is 2.19. The SMILES string of the molecule is CCC[n+]1c(-c2cccc(Br)c2)[nH]c2ccccc21. The van der Waals surface area contributed by atoms with E-state index in [1.54, 1.807) is 0 Å². The Kier molecular flexibility index (Phi) is 3.38. The second-order valence-electron chi connectivity index (χ2n) is 4.65. The normalized spacial score (nSPS) is 11.1. The van der Waals surface area contributed by atoms with Crippen LogP contribution < -0.4 is 4.57 Å². The summed E-state index contributed by atoms with van der Waals surface area (Å²) < 4.78 is 3.46. The van der Waals surface area contributed by atoms with Crippen molar-refractivity contribution in [2.24, 2.45) is 0 Å². The molecule has 0 fully saturated rings. The lowest BCUT2D eigenvalue weighted by atomic mass is 10.2. The van der Waals surface area contributed by atoms with E-state index >= 15 is 0 Å². The monoisotopic (exact) mass is 315 g/mol. The van der Waals surface area contributed by atoms with Crippen molar-refractivity contribution in [2.45, 2.75) is 19.9 Å². The molecule has 96 valence electrons. The van der Waals surface area contributed by atoms with Crippen molar-refractivity contribution in [3.8, 4) is 11.4 Å². The minimum absolute atomic E-state index is 1.02. The molecule has 0 radical (unpaired) electrons. The molecular weight excluding hydrogens is 300 g/mol. The minimum Gasteiger partial charge on any atom is -0.236 e. The number of aryl methyl sites for hydroxylation is 1. The maximum Gasteiger partial charge on any atom is 0.287 e. The highest BCUT2D eigenvalue weighted by Crippen LogP contribution is 2.22. The van der Waals surface area contributed by atoms with E-state index in [0.29, 0.717) is 0 Å². The van der Waals surface area contributed by atoms with Crippen molar-refractivity contribution >= 4 is 27.0 Å². The summed E-state index contributed by atoms with van der Waals surface area (Å²) in [6, 6.07) is 16.9. The van der Waals surface area contributed by atoms with Gasteiger partial charge in [0, 0.05) is 4.47 Å². The van der Waals surface area contributed by atoms with Crippen LogP contribution >= 0.6 is 15.9 Å². The molecule has 0 atom stereocenters. The average molecular weight is 316 g/mol. The van der Waals surface area contributed by atoms with Crippen LogP contribution in [0, 0.1) is 0 Å². The fourth-order valence-corrected chi connectivity index (χ4v) is 2.85. The highest BCUT2D eigenvalue weighted by molar-refractivity contribution is 9.10. The quantitative estimate of drug-likeness (QED) is 0.695. The van der Waals surface area contributed by atoms with E-state index in [-0.39, 0.29) is 0 Å². The molecule has 1 N–H and O–H groups in total. The average Bonchev–Trinajstić information content (AvgIpc) is 2.79. The van der Waals surface area contributed by atoms with Crippen molar-refractivity contribution in [3.63, 3.8) is 0 Å². The van der Waals surface area contributed by atoms with Gasteiger partial charge in [0.1, 0.15) is 0 Å². The number of fused-ring (bicyclic) bond motifs is 1. The second-order valence-corrected chi connectivity index (χ2v) is 5.57. The molecule has 0 bridgehead atoms. The first-order valence-electron chi connectivity index (χ1n) is 6.56. The number of hydrogen-bond donors (Lipinski definition) is 1. The fourth-order valence-electron chi connectivity index (χ4n) is 2.45. The van der Waals surface area contributed by atoms with E-state index in [4.69, 9.17) is 0 Å². The first-order valence-corrected chi connectivity index (χ1v) is 7.35. The number of para-hydroxylation sites is 2. The number of nitrogens with zero attached hydrogens (tertiary/aromatic N) is 1. The molecule has 0 aliphatic carbocycles. The van der Waals surface area contributed by atoms with Crippen LogP contribution in [0.25, 0.3) is 22.4 Å². The standard InChI is InChI=1S/C16H15BrN2/c1-2-10-19-15-9-4-3-8-14(15)18-16(19)12-6-5-7-13(17)11-12/h3-9,11H,2,10H2,1H3/p+1. The summed E-state index contributed by atoms with van der Waals surface area (Å²) in [6.45, 7) is 3.23. The molecule has 0 amide bonds. The Morgan fingerprint density at radius 1 is 1.11 bits per heavy atom. The van der Waals surface area contributed by atoms with Crippen LogP contribution in [0.4, 0.5) is 0 Å². The number of imidazole rings is 1. The highest BCUT2D eigenvalue weighted by atomic mass is 79.9. The van der Waals surface area contributed by atoms with Gasteiger partial charge in [0.25, 0.3) is 5.82 Å². The molecule has 1 aromatic heterocycles. The van der Waals surface area contributed by atoms with E-state index in [1.165, 1.54) is 22.4 Å². The van der Waals surface area contributed by atoms with Crippen LogP contribution in [0.1, 0.15) is 13.3 Å². The van der Waals surface area contributed by atoms with Gasteiger partial charge in [0.2, 0.25) is 0 Å². The molecule has 0 aliphatic heterocycles. The van der Waals surface area contributed by atoms with Crippen LogP contribution in [-0.4, -0.2) is 4.98 Å². The summed E-state index contributed by atoms with van der Waals surface area (Å²) in [7, 11) is 0. The van der Waals surface area contributed by atoms with E-state index in [0.717, 1.165) is 17.4 Å². The molecule has 0 spiro atoms. The summed E-state index contributed by atoms with van der Waals surface area (Å²) >= 11 is 3.54. The second kappa shape index (κ2) is 5.17. The Bertz CT molecular complexity index is 716. The van der Waals surface area contributed by atoms with Gasteiger partial charge < -0.3 is 0 Å². The number of halogens is 1. The Labute approximate surface area is 121 Å². The van der Waals surface area contributed by atoms with Crippen molar-refractivity contribution in [1.82, 2.24) is 4.98 Å². The molecule has 0 unspecified atom stereocenters. The van der Waals surface area contributed by atoms with Gasteiger partial charge in [-0.2, -0.15) is 0 Å². The predicted molar refractivity (Wildman–Crippen MR) is 81.9 cm³/mol. The first-order chi connectivity index (χ1) is 9.29. The van der Waals surface area contributed by atoms with Crippen LogP contribution in [0.2, 0.25) is 0 Å². The number of nitrogens with one attached hydrogen (secondary N) is 1. The Morgan fingerprint density at radius 3 is 2.74 bits per heavy atom. The molecule has 3 heteroatoms. The van der Waals surface area contributed by atoms with E-state index in [2.05, 4.69) is 80.9 Å². The maximum absolute atomic E-state index is 3.54. The molecule has 0 saturated heterocycles. The third kappa shape index (κ3) is 2.30. The lowest BCUT2D eigenvalue weighted by molar-refractivity contribution is -0.660. The zero-order valence-electron chi connectivity index (χ0n) is 10.9. The van der Waals surface area contributed by atoms with Crippen molar-refractivity contribution in [3.05, 3.63) is 53.0 Å². The number of hydrogen-bond acceptors (Lipinski definition) is 0. The first kappa shape index (κ1) is 12.4. The molecule has 0 saturated carbocycles. The fraction of sp³-hybridized carbons (Fsp3) is 0.188. The van der Waals surface area contributed by atoms with Crippen LogP contribution in [0.15, 0.2) is 53.0 Å². The number of aromatic nitrogens is 2. The Balaban J connectivity index is 2.25. The molecule has 2 nitrogen and oxygen atoms in total. The van der Waals surface area contributed by atoms with Crippen molar-refractivity contribution in [1.29, 1.82) is 0 Å². The molecule has 3 aromatic rings. The largest absolute Gasteiger partial charge is 0.287 e. The van der Waals surface area contributed by atoms with Gasteiger partial charge >= 0.3 is 0 Å². The topological polar surface area (TPSA) is 19.7 Å². The van der Waals surface area contributed by atoms with Gasteiger partial charge in [-0.1, -0.05) is 41.1 Å². The molecular formula is C16H16BrN2+. The van der Waals surface area contributed by atoms with Gasteiger partial charge in [0.05, 0.1) is 12.1 Å². The number of H-pyrrole nitrogens is 1. The summed E-state index contributed by atoms with van der Waals surface area (Å²) in [4.78, 5) is 3.53. The summed E-state index contributed by atoms with van der Waals surface area (Å²) in [5.74, 6) is 1.17. The lowest BCUT2D eigenvalue weighted by Crippen LogP contribution is -2.34. The molecule has 2 aromatic carbocycles. The van der Waals surface area contributed by atoms with Crippen LogP contribution in [0.5, 0.6) is 0 Å². The molecule has 1 heterocycles. The Morgan fingerprint density at radius 2 is 1.95 bits per heavy atom. The van der Waals surface area contributed by atoms with Gasteiger partial charge in [-0.3, -0.25) is 0 Å². The zero-order valence-corrected chi connectivity index (χ0v) is 12.4. The van der Waals surface area contributed by atoms with Gasteiger partial charge in [-0.05, 0) is 36.8 Å². The zero-order chi connectivity index (χ0) is 13.2. The third-order valence-corrected chi connectivity index (χ3v) is 3.76. The lowest BCUT2D eigenvalue weighted by Gasteiger charge is -2.00. The molecule has 19 heavy (non-hydrogen) atoms. The number of benzene rings is 2. The Hall–Kier alpha value is -1.61. The van der Waals surface area contributed by atoms with Gasteiger partial charge in [0.15, 0.2) is 11.0 Å². The molecule has 3 rings (SSSR count). The summed E-state index contributed by atoms with van der Waals surface area (Å²) in [5.41, 5.74) is 3.66. The maximum atomic E-state index is 3.54. The van der Waals surface area contributed by atoms with Crippen molar-refractivity contribution in [2.75, 3.05) is 0 Å². The van der Waals surface area contributed by atoms with Gasteiger partial charge in [-0.15, -0.1) is 0 Å². The van der Waals surface area contributed by atoms with Crippen LogP contribution in [-0.2, 0) is 6.54 Å². The number of rotatable bonds is 3. The van der Waals surface area contributed by atoms with E-state index in [1.807, 2.05) is 0 Å². The predicted octanol–water partition coefficient (Wildman–Crippen LogP) is 4.29. The third-order valence-electron chi connectivity index (χ3n) is 3.26. The van der Waals surface area contributed by atoms with Crippen LogP contribution in [0.3, 0.4) is 0 Å². The van der Waals surface area contributed by atoms with Crippen molar-refractivity contribution < 1.29 is 4.57 Å². The van der Waals surface area contributed by atoms with E-state index < -0.39 is 0 Å². The molecule has 0 aliphatic rings. The smallest absolute Gasteiger partial charge is 0.236 e. The minimum atomic E-state index is 1.02. The van der Waals surface area contributed by atoms with Gasteiger partial charge in [-0.25, -0.2) is 9.55 Å². The summed E-state index contributed by atoms with van der Waals surface area (Å²) in [6.07, 6.45) is 1.12.